The van der Waals surface area contributed by atoms with Crippen molar-refractivity contribution in [3.63, 3.8) is 0 Å². The van der Waals surface area contributed by atoms with Crippen LogP contribution in [0.3, 0.4) is 0 Å². The molecule has 0 heterocycles. The lowest BCUT2D eigenvalue weighted by atomic mass is 10.1. The number of nitrogens with two attached hydrogens (primary N) is 2. The Kier molecular flexibility index (Phi) is 2.59. The van der Waals surface area contributed by atoms with Crippen molar-refractivity contribution in [2.45, 2.75) is 0 Å². The molecule has 1 rings (SSSR count). The smallest absolute Gasteiger partial charge is 0.126 e. The zero-order valence-corrected chi connectivity index (χ0v) is 8.41. The second kappa shape index (κ2) is 3.33. The first-order valence-electron chi connectivity index (χ1n) is 3.12. The fraction of sp³-hybridized carbons (Fsp3) is 0. The topological polar surface area (TPSA) is 75.9 Å². The molecule has 5 N–H and O–H groups in total. The minimum Gasteiger partial charge on any atom is -0.397 e. The zero-order valence-electron chi connectivity index (χ0n) is 6.07. The molecule has 3 nitrogen and oxygen atoms in total. The van der Waals surface area contributed by atoms with Crippen molar-refractivity contribution in [2.24, 2.45) is 5.73 Å². The molecule has 1 aromatic rings. The van der Waals surface area contributed by atoms with E-state index in [1.165, 1.54) is 0 Å². The molecule has 0 saturated heterocycles. The second-order valence-electron chi connectivity index (χ2n) is 2.23. The van der Waals surface area contributed by atoms with E-state index in [-0.39, 0.29) is 5.84 Å². The molecule has 0 aliphatic rings. The monoisotopic (exact) mass is 247 g/mol. The SMILES string of the molecule is N=C(N)c1c(Cl)ccc(Br)c1N. The van der Waals surface area contributed by atoms with Gasteiger partial charge in [0.05, 0.1) is 16.3 Å². The molecule has 0 saturated carbocycles. The Balaban J connectivity index is 3.43. The standard InChI is InChI=1S/C7H7BrClN3/c8-3-1-2-4(9)5(6(3)10)7(11)12/h1-2H,10H2,(H3,11,12). The molecule has 0 aliphatic heterocycles. The average Bonchev–Trinajstić information content (AvgIpc) is 1.97. The molecule has 1 aromatic carbocycles. The maximum absolute atomic E-state index is 7.21. The molecule has 0 atom stereocenters. The maximum atomic E-state index is 7.21. The molecule has 0 aromatic heterocycles. The number of benzene rings is 1. The summed E-state index contributed by atoms with van der Waals surface area (Å²) in [6.07, 6.45) is 0. The molecule has 5 heteroatoms. The second-order valence-corrected chi connectivity index (χ2v) is 3.49. The third-order valence-corrected chi connectivity index (χ3v) is 2.42. The average molecular weight is 249 g/mol. The Hall–Kier alpha value is -0.740. The molecule has 0 fully saturated rings. The van der Waals surface area contributed by atoms with E-state index in [0.29, 0.717) is 20.7 Å². The molecule has 0 bridgehead atoms. The van der Waals surface area contributed by atoms with Crippen molar-refractivity contribution in [3.05, 3.63) is 27.2 Å². The van der Waals surface area contributed by atoms with Gasteiger partial charge in [-0.2, -0.15) is 0 Å². The lowest BCUT2D eigenvalue weighted by Crippen LogP contribution is -2.14. The highest BCUT2D eigenvalue weighted by Crippen LogP contribution is 2.28. The first kappa shape index (κ1) is 9.35. The van der Waals surface area contributed by atoms with E-state index < -0.39 is 0 Å². The van der Waals surface area contributed by atoms with Gasteiger partial charge >= 0.3 is 0 Å². The van der Waals surface area contributed by atoms with Gasteiger partial charge in [0.15, 0.2) is 0 Å². The van der Waals surface area contributed by atoms with Gasteiger partial charge in [0.1, 0.15) is 5.84 Å². The van der Waals surface area contributed by atoms with Crippen LogP contribution in [-0.2, 0) is 0 Å². The molecule has 0 radical (unpaired) electrons. The van der Waals surface area contributed by atoms with Gasteiger partial charge in [-0.1, -0.05) is 11.6 Å². The Morgan fingerprint density at radius 3 is 2.50 bits per heavy atom. The van der Waals surface area contributed by atoms with Crippen LogP contribution in [0.2, 0.25) is 5.02 Å². The quantitative estimate of drug-likeness (QED) is 0.404. The van der Waals surface area contributed by atoms with Crippen LogP contribution >= 0.6 is 27.5 Å². The zero-order chi connectivity index (χ0) is 9.30. The Bertz CT molecular complexity index is 338. The van der Waals surface area contributed by atoms with E-state index in [2.05, 4.69) is 15.9 Å². The Morgan fingerprint density at radius 1 is 1.50 bits per heavy atom. The number of rotatable bonds is 1. The van der Waals surface area contributed by atoms with Crippen LogP contribution in [0, 0.1) is 5.41 Å². The number of hydrogen-bond donors (Lipinski definition) is 3. The third kappa shape index (κ3) is 1.54. The molecule has 64 valence electrons. The summed E-state index contributed by atoms with van der Waals surface area (Å²) in [4.78, 5) is 0. The largest absolute Gasteiger partial charge is 0.397 e. The van der Waals surface area contributed by atoms with Crippen LogP contribution in [0.15, 0.2) is 16.6 Å². The number of nitrogen functional groups attached to an aromatic ring is 2. The van der Waals surface area contributed by atoms with Crippen LogP contribution in [0.25, 0.3) is 0 Å². The highest BCUT2D eigenvalue weighted by Gasteiger charge is 2.09. The minimum atomic E-state index is -0.126. The molecular weight excluding hydrogens is 241 g/mol. The van der Waals surface area contributed by atoms with Crippen LogP contribution in [0.1, 0.15) is 5.56 Å². The summed E-state index contributed by atoms with van der Waals surface area (Å²) >= 11 is 8.99. The highest BCUT2D eigenvalue weighted by atomic mass is 79.9. The number of halogens is 2. The lowest BCUT2D eigenvalue weighted by molar-refractivity contribution is 1.42. The third-order valence-electron chi connectivity index (χ3n) is 1.41. The number of nitrogens with one attached hydrogen (secondary N) is 1. The molecular formula is C7H7BrClN3. The molecule has 0 unspecified atom stereocenters. The van der Waals surface area contributed by atoms with E-state index in [0.717, 1.165) is 0 Å². The normalized spacial score (nSPS) is 9.83. The fourth-order valence-corrected chi connectivity index (χ4v) is 1.44. The highest BCUT2D eigenvalue weighted by molar-refractivity contribution is 9.10. The predicted octanol–water partition coefficient (Wildman–Crippen LogP) is 1.97. The predicted molar refractivity (Wildman–Crippen MR) is 54.6 cm³/mol. The summed E-state index contributed by atoms with van der Waals surface area (Å²) in [5.74, 6) is -0.126. The lowest BCUT2D eigenvalue weighted by Gasteiger charge is -2.07. The first-order chi connectivity index (χ1) is 5.54. The Labute approximate surface area is 83.3 Å². The van der Waals surface area contributed by atoms with Crippen LogP contribution in [0.4, 0.5) is 5.69 Å². The summed E-state index contributed by atoms with van der Waals surface area (Å²) in [6, 6.07) is 3.35. The van der Waals surface area contributed by atoms with E-state index >= 15 is 0 Å². The number of anilines is 1. The van der Waals surface area contributed by atoms with E-state index in [1.807, 2.05) is 0 Å². The van der Waals surface area contributed by atoms with Gasteiger partial charge in [0.2, 0.25) is 0 Å². The van der Waals surface area contributed by atoms with Gasteiger partial charge in [0, 0.05) is 4.47 Å². The molecule has 12 heavy (non-hydrogen) atoms. The van der Waals surface area contributed by atoms with Crippen LogP contribution in [-0.4, -0.2) is 5.84 Å². The van der Waals surface area contributed by atoms with Crippen molar-refractivity contribution in [1.82, 2.24) is 0 Å². The van der Waals surface area contributed by atoms with Crippen molar-refractivity contribution in [1.29, 1.82) is 5.41 Å². The van der Waals surface area contributed by atoms with E-state index in [9.17, 15) is 0 Å². The van der Waals surface area contributed by atoms with E-state index in [1.54, 1.807) is 12.1 Å². The summed E-state index contributed by atoms with van der Waals surface area (Å²) in [5.41, 5.74) is 11.7. The van der Waals surface area contributed by atoms with Crippen LogP contribution in [0.5, 0.6) is 0 Å². The van der Waals surface area contributed by atoms with Gasteiger partial charge in [-0.3, -0.25) is 5.41 Å². The van der Waals surface area contributed by atoms with E-state index in [4.69, 9.17) is 28.5 Å². The van der Waals surface area contributed by atoms with Gasteiger partial charge in [0.25, 0.3) is 0 Å². The van der Waals surface area contributed by atoms with Gasteiger partial charge in [-0.05, 0) is 28.1 Å². The van der Waals surface area contributed by atoms with Crippen molar-refractivity contribution in [2.75, 3.05) is 5.73 Å². The summed E-state index contributed by atoms with van der Waals surface area (Å²) < 4.78 is 0.692. The number of amidine groups is 1. The molecule has 0 spiro atoms. The molecule has 0 aliphatic carbocycles. The summed E-state index contributed by atoms with van der Waals surface area (Å²) in [6.45, 7) is 0. The fourth-order valence-electron chi connectivity index (χ4n) is 0.841. The van der Waals surface area contributed by atoms with Crippen molar-refractivity contribution >= 4 is 39.1 Å². The minimum absolute atomic E-state index is 0.126. The summed E-state index contributed by atoms with van der Waals surface area (Å²) in [5, 5.41) is 7.60. The molecule has 0 amide bonds. The summed E-state index contributed by atoms with van der Waals surface area (Å²) in [7, 11) is 0. The number of hydrogen-bond acceptors (Lipinski definition) is 2. The Morgan fingerprint density at radius 2 is 2.08 bits per heavy atom. The van der Waals surface area contributed by atoms with Crippen molar-refractivity contribution in [3.8, 4) is 0 Å². The van der Waals surface area contributed by atoms with Gasteiger partial charge < -0.3 is 11.5 Å². The van der Waals surface area contributed by atoms with Gasteiger partial charge in [-0.25, -0.2) is 0 Å². The van der Waals surface area contributed by atoms with Crippen LogP contribution < -0.4 is 11.5 Å². The van der Waals surface area contributed by atoms with Crippen molar-refractivity contribution < 1.29 is 0 Å². The maximum Gasteiger partial charge on any atom is 0.126 e. The first-order valence-corrected chi connectivity index (χ1v) is 4.29. The van der Waals surface area contributed by atoms with Gasteiger partial charge in [-0.15, -0.1) is 0 Å².